The molecular formula is C8H10LiNO4. The van der Waals surface area contributed by atoms with Gasteiger partial charge < -0.3 is 11.6 Å². The van der Waals surface area contributed by atoms with Gasteiger partial charge in [-0.05, 0) is 0 Å². The molecule has 0 saturated carbocycles. The molecule has 0 aromatic heterocycles. The molecule has 2 N–H and O–H groups in total. The van der Waals surface area contributed by atoms with Crippen molar-refractivity contribution in [2.45, 2.75) is 6.42 Å². The fourth-order valence-electron chi connectivity index (χ4n) is 0.258. The normalized spacial score (nSPS) is 6.50. The number of nitriles is 1. The molecule has 0 bridgehead atoms. The molecule has 0 fully saturated rings. The number of allylic oxidation sites excluding steroid dienone is 1. The van der Waals surface area contributed by atoms with Gasteiger partial charge in [-0.1, -0.05) is 13.2 Å². The molecule has 14 heavy (non-hydrogen) atoms. The number of nitrogens with zero attached hydrogens (tertiary/aromatic N) is 1. The Kier molecular flexibility index (Phi) is 15.1. The molecule has 0 radical (unpaired) electrons. The second-order valence-corrected chi connectivity index (χ2v) is 1.81. The van der Waals surface area contributed by atoms with Crippen LogP contribution in [0.25, 0.3) is 0 Å². The van der Waals surface area contributed by atoms with Crippen molar-refractivity contribution in [1.29, 1.82) is 5.26 Å². The van der Waals surface area contributed by atoms with Crippen LogP contribution < -0.4 is 18.9 Å². The summed E-state index contributed by atoms with van der Waals surface area (Å²) in [5, 5.41) is 23.6. The van der Waals surface area contributed by atoms with Crippen molar-refractivity contribution in [1.82, 2.24) is 0 Å². The molecule has 0 atom stereocenters. The van der Waals surface area contributed by atoms with Gasteiger partial charge in [0.15, 0.2) is 0 Å². The van der Waals surface area contributed by atoms with Crippen LogP contribution in [0.1, 0.15) is 7.85 Å². The minimum atomic E-state index is -1.27. The number of hydrogen-bond donors (Lipinski definition) is 2. The van der Waals surface area contributed by atoms with E-state index in [9.17, 15) is 9.59 Å². The molecule has 0 spiro atoms. The summed E-state index contributed by atoms with van der Waals surface area (Å²) in [4.78, 5) is 19.7. The largest absolute Gasteiger partial charge is 1.00 e. The summed E-state index contributed by atoms with van der Waals surface area (Å²) in [6.45, 7) is 6.13. The quantitative estimate of drug-likeness (QED) is 0.303. The Morgan fingerprint density at radius 3 is 1.93 bits per heavy atom. The zero-order valence-electron chi connectivity index (χ0n) is 8.86. The van der Waals surface area contributed by atoms with Crippen LogP contribution in [0.3, 0.4) is 0 Å². The van der Waals surface area contributed by atoms with Crippen molar-refractivity contribution in [3.05, 3.63) is 24.8 Å². The molecule has 0 aromatic carbocycles. The van der Waals surface area contributed by atoms with Crippen molar-refractivity contribution in [2.24, 2.45) is 0 Å². The molecule has 0 rings (SSSR count). The minimum Gasteiger partial charge on any atom is -1.00 e. The van der Waals surface area contributed by atoms with Gasteiger partial charge in [-0.25, -0.2) is 4.79 Å². The number of aliphatic carboxylic acids is 2. The van der Waals surface area contributed by atoms with Gasteiger partial charge in [0.05, 0.1) is 12.5 Å². The Hall–Kier alpha value is -1.49. The van der Waals surface area contributed by atoms with Gasteiger partial charge in [-0.3, -0.25) is 4.79 Å². The van der Waals surface area contributed by atoms with Crippen LogP contribution in [0.15, 0.2) is 24.8 Å². The summed E-state index contributed by atoms with van der Waals surface area (Å²) >= 11 is 0. The van der Waals surface area contributed by atoms with Crippen molar-refractivity contribution in [3.8, 4) is 6.07 Å². The number of carboxylic acid groups (broad SMARTS) is 2. The van der Waals surface area contributed by atoms with Crippen LogP contribution in [0.2, 0.25) is 0 Å². The van der Waals surface area contributed by atoms with E-state index in [1.165, 1.54) is 6.08 Å². The maximum Gasteiger partial charge on any atom is 1.00 e. The molecule has 0 aromatic rings. The van der Waals surface area contributed by atoms with E-state index in [2.05, 4.69) is 13.2 Å². The van der Waals surface area contributed by atoms with Crippen molar-refractivity contribution >= 4 is 11.9 Å². The molecule has 0 heterocycles. The number of carboxylic acids is 2. The number of hydrogen-bond acceptors (Lipinski definition) is 3. The van der Waals surface area contributed by atoms with Gasteiger partial charge >= 0.3 is 30.8 Å². The number of rotatable bonds is 3. The smallest absolute Gasteiger partial charge is 1.00 e. The minimum absolute atomic E-state index is 0. The molecule has 0 amide bonds. The van der Waals surface area contributed by atoms with E-state index in [0.717, 1.165) is 0 Å². The van der Waals surface area contributed by atoms with E-state index in [1.807, 2.05) is 0 Å². The first-order valence-electron chi connectivity index (χ1n) is 3.09. The SMILES string of the molecule is C=C(CC(=O)O)C(=O)O.C=CC#N.[H-].[Li+]. The van der Waals surface area contributed by atoms with Gasteiger partial charge in [0.2, 0.25) is 0 Å². The average Bonchev–Trinajstić information content (AvgIpc) is 2.03. The molecular weight excluding hydrogens is 181 g/mol. The van der Waals surface area contributed by atoms with Crippen LogP contribution in [-0.4, -0.2) is 22.2 Å². The second-order valence-electron chi connectivity index (χ2n) is 1.81. The summed E-state index contributed by atoms with van der Waals surface area (Å²) in [6.07, 6.45) is 0.676. The van der Waals surface area contributed by atoms with E-state index in [-0.39, 0.29) is 25.9 Å². The molecule has 0 unspecified atom stereocenters. The van der Waals surface area contributed by atoms with Crippen LogP contribution >= 0.6 is 0 Å². The van der Waals surface area contributed by atoms with E-state index < -0.39 is 18.4 Å². The van der Waals surface area contributed by atoms with Gasteiger partial charge in [0, 0.05) is 11.6 Å². The Balaban J connectivity index is -0.0000000883. The number of carbonyl (C=O) groups is 2. The molecule has 0 saturated heterocycles. The third-order valence-corrected chi connectivity index (χ3v) is 0.758. The Morgan fingerprint density at radius 1 is 1.50 bits per heavy atom. The van der Waals surface area contributed by atoms with Crippen LogP contribution in [0.5, 0.6) is 0 Å². The Bertz CT molecular complexity index is 272. The molecule has 72 valence electrons. The molecule has 5 nitrogen and oxygen atoms in total. The van der Waals surface area contributed by atoms with Crippen LogP contribution in [0, 0.1) is 11.3 Å². The monoisotopic (exact) mass is 191 g/mol. The molecule has 0 aliphatic carbocycles. The zero-order valence-corrected chi connectivity index (χ0v) is 7.86. The van der Waals surface area contributed by atoms with Gasteiger partial charge in [-0.2, -0.15) is 5.26 Å². The predicted molar refractivity (Wildman–Crippen MR) is 46.0 cm³/mol. The van der Waals surface area contributed by atoms with Gasteiger partial charge in [0.1, 0.15) is 0 Å². The van der Waals surface area contributed by atoms with Crippen molar-refractivity contribution in [2.75, 3.05) is 0 Å². The predicted octanol–water partition coefficient (Wildman–Crippen LogP) is -2.09. The standard InChI is InChI=1S/C5H6O4.C3H3N.Li.H/c1-3(5(8)9)2-4(6)7;1-2-3-4;;/h1-2H2,(H,6,7)(H,8,9);2H,1H2;;/q;;+1;-1. The van der Waals surface area contributed by atoms with Crippen molar-refractivity contribution < 1.29 is 40.1 Å². The third kappa shape index (κ3) is 16.9. The van der Waals surface area contributed by atoms with E-state index in [4.69, 9.17) is 15.5 Å². The third-order valence-electron chi connectivity index (χ3n) is 0.758. The second kappa shape index (κ2) is 11.5. The first kappa shape index (κ1) is 18.3. The summed E-state index contributed by atoms with van der Waals surface area (Å²) in [5.41, 5.74) is -0.303. The van der Waals surface area contributed by atoms with Gasteiger partial charge in [0.25, 0.3) is 0 Å². The van der Waals surface area contributed by atoms with E-state index in [1.54, 1.807) is 6.07 Å². The Morgan fingerprint density at radius 2 is 1.86 bits per heavy atom. The maximum atomic E-state index is 9.87. The summed E-state index contributed by atoms with van der Waals surface area (Å²) in [7, 11) is 0. The fourth-order valence-corrected chi connectivity index (χ4v) is 0.258. The summed E-state index contributed by atoms with van der Waals surface area (Å²) in [6, 6.07) is 1.69. The van der Waals surface area contributed by atoms with Crippen LogP contribution in [0.4, 0.5) is 0 Å². The average molecular weight is 191 g/mol. The topological polar surface area (TPSA) is 98.4 Å². The first-order chi connectivity index (χ1) is 5.95. The zero-order chi connectivity index (χ0) is 10.9. The van der Waals surface area contributed by atoms with Crippen molar-refractivity contribution in [3.63, 3.8) is 0 Å². The fraction of sp³-hybridized carbons (Fsp3) is 0.125. The summed E-state index contributed by atoms with van der Waals surface area (Å²) in [5.74, 6) is -2.44. The van der Waals surface area contributed by atoms with Gasteiger partial charge in [-0.15, -0.1) is 0 Å². The molecule has 0 aliphatic rings. The molecule has 6 heteroatoms. The van der Waals surface area contributed by atoms with E-state index >= 15 is 0 Å². The maximum absolute atomic E-state index is 9.87. The summed E-state index contributed by atoms with van der Waals surface area (Å²) < 4.78 is 0. The molecule has 0 aliphatic heterocycles. The first-order valence-corrected chi connectivity index (χ1v) is 3.09. The van der Waals surface area contributed by atoms with Crippen LogP contribution in [-0.2, 0) is 9.59 Å². The van der Waals surface area contributed by atoms with E-state index in [0.29, 0.717) is 0 Å². The Labute approximate surface area is 95.0 Å².